The summed E-state index contributed by atoms with van der Waals surface area (Å²) in [5.74, 6) is 0.276. The van der Waals surface area contributed by atoms with Gasteiger partial charge in [0.2, 0.25) is 0 Å². The molecule has 0 amide bonds. The van der Waals surface area contributed by atoms with E-state index in [0.29, 0.717) is 0 Å². The maximum Gasteiger partial charge on any atom is 0.122 e. The monoisotopic (exact) mass is 458 g/mol. The lowest BCUT2D eigenvalue weighted by atomic mass is 9.88. The minimum absolute atomic E-state index is 0.275. The number of thiocarbonyl (C=S) groups is 2. The Balaban J connectivity index is 3.59. The van der Waals surface area contributed by atoms with Crippen molar-refractivity contribution in [2.45, 2.75) is 59.0 Å². The maximum absolute atomic E-state index is 10.9. The number of aromatic hydroxyl groups is 1. The van der Waals surface area contributed by atoms with Crippen LogP contribution >= 0.6 is 49.7 Å². The molecule has 158 valence electrons. The number of hydrogen-bond donors (Lipinski definition) is 3. The third-order valence-electron chi connectivity index (χ3n) is 5.49. The highest BCUT2D eigenvalue weighted by molar-refractivity contribution is 7.86. The molecule has 2 atom stereocenters. The zero-order chi connectivity index (χ0) is 21.8. The molecule has 0 fully saturated rings. The highest BCUT2D eigenvalue weighted by atomic mass is 32.1. The van der Waals surface area contributed by atoms with E-state index in [4.69, 9.17) is 49.7 Å². The molecule has 0 aliphatic carbocycles. The van der Waals surface area contributed by atoms with E-state index in [1.165, 1.54) is 0 Å². The topological polar surface area (TPSA) is 26.7 Å². The summed E-state index contributed by atoms with van der Waals surface area (Å²) in [6, 6.07) is 0. The summed E-state index contributed by atoms with van der Waals surface area (Å²) in [6.45, 7) is 17.6. The van der Waals surface area contributed by atoms with Crippen LogP contribution in [0.5, 0.6) is 5.75 Å². The molecule has 0 radical (unpaired) electrons. The molecule has 1 rings (SSSR count). The molecule has 0 aliphatic rings. The molecule has 0 saturated carbocycles. The van der Waals surface area contributed by atoms with Crippen LogP contribution in [0.15, 0.2) is 0 Å². The number of benzene rings is 1. The Morgan fingerprint density at radius 3 is 1.29 bits per heavy atom. The average molecular weight is 459 g/mol. The van der Waals surface area contributed by atoms with E-state index in [2.05, 4.69) is 44.4 Å². The minimum Gasteiger partial charge on any atom is -0.507 e. The molecular weight excluding hydrogens is 425 g/mol. The zero-order valence-corrected chi connectivity index (χ0v) is 21.5. The molecular formula is C21H34N2OS4. The second kappa shape index (κ2) is 11.0. The Kier molecular flexibility index (Phi) is 10.1. The summed E-state index contributed by atoms with van der Waals surface area (Å²) in [5.41, 5.74) is 4.61. The van der Waals surface area contributed by atoms with Gasteiger partial charge in [0, 0.05) is 26.2 Å². The Hall–Kier alpha value is -0.500. The second-order valence-electron chi connectivity index (χ2n) is 6.88. The molecule has 3 nitrogen and oxygen atoms in total. The van der Waals surface area contributed by atoms with Gasteiger partial charge >= 0.3 is 0 Å². The smallest absolute Gasteiger partial charge is 0.122 e. The first kappa shape index (κ1) is 25.5. The normalized spacial score (nSPS) is 13.2. The molecule has 1 aromatic carbocycles. The minimum atomic E-state index is -0.275. The summed E-state index contributed by atoms with van der Waals surface area (Å²) in [6.07, 6.45) is 0. The van der Waals surface area contributed by atoms with Crippen LogP contribution in [0.1, 0.15) is 66.0 Å². The van der Waals surface area contributed by atoms with E-state index in [1.54, 1.807) is 0 Å². The number of likely N-dealkylation sites (N-methyl/N-ethyl adjacent to an activating group) is 2. The van der Waals surface area contributed by atoms with E-state index in [1.807, 2.05) is 13.8 Å². The summed E-state index contributed by atoms with van der Waals surface area (Å²) >= 11 is 21.2. The summed E-state index contributed by atoms with van der Waals surface area (Å²) in [5, 5.41) is 10.3. The Bertz CT molecular complexity index is 671. The molecule has 0 spiro atoms. The zero-order valence-electron chi connectivity index (χ0n) is 18.0. The first-order valence-electron chi connectivity index (χ1n) is 9.84. The number of phenols is 1. The second-order valence-corrected chi connectivity index (χ2v) is 8.75. The van der Waals surface area contributed by atoms with E-state index in [-0.39, 0.29) is 16.2 Å². The number of hydrogen-bond acceptors (Lipinski definition) is 5. The van der Waals surface area contributed by atoms with Crippen molar-refractivity contribution in [2.24, 2.45) is 0 Å². The van der Waals surface area contributed by atoms with Crippen molar-refractivity contribution >= 4 is 59.7 Å². The lowest BCUT2D eigenvalue weighted by Crippen LogP contribution is -2.33. The van der Waals surface area contributed by atoms with Gasteiger partial charge in [-0.1, -0.05) is 24.4 Å². The van der Waals surface area contributed by atoms with Crippen molar-refractivity contribution < 1.29 is 5.11 Å². The van der Waals surface area contributed by atoms with Gasteiger partial charge in [-0.25, -0.2) is 0 Å². The number of thiol groups is 2. The van der Waals surface area contributed by atoms with Crippen LogP contribution in [0.3, 0.4) is 0 Å². The molecule has 0 bridgehead atoms. The number of phenolic OH excluding ortho intramolecular Hbond substituents is 1. The van der Waals surface area contributed by atoms with E-state index in [0.717, 1.165) is 64.0 Å². The largest absolute Gasteiger partial charge is 0.507 e. The summed E-state index contributed by atoms with van der Waals surface area (Å²) in [7, 11) is 0. The van der Waals surface area contributed by atoms with Crippen LogP contribution in [0.2, 0.25) is 0 Å². The highest BCUT2D eigenvalue weighted by Gasteiger charge is 2.29. The average Bonchev–Trinajstić information content (AvgIpc) is 2.67. The first-order chi connectivity index (χ1) is 13.1. The molecule has 0 aromatic heterocycles. The highest BCUT2D eigenvalue weighted by Crippen LogP contribution is 2.42. The lowest BCUT2D eigenvalue weighted by molar-refractivity contribution is 0.459. The molecule has 2 unspecified atom stereocenters. The van der Waals surface area contributed by atoms with Gasteiger partial charge in [0.1, 0.15) is 5.75 Å². The van der Waals surface area contributed by atoms with Gasteiger partial charge < -0.3 is 14.9 Å². The first-order valence-corrected chi connectivity index (χ1v) is 11.7. The van der Waals surface area contributed by atoms with Crippen LogP contribution in [-0.2, 0) is 0 Å². The third kappa shape index (κ3) is 4.97. The summed E-state index contributed by atoms with van der Waals surface area (Å²) in [4.78, 5) is 5.80. The van der Waals surface area contributed by atoms with E-state index < -0.39 is 0 Å². The number of nitrogens with zero attached hydrogens (tertiary/aromatic N) is 2. The van der Waals surface area contributed by atoms with Crippen molar-refractivity contribution in [1.29, 1.82) is 0 Å². The van der Waals surface area contributed by atoms with Gasteiger partial charge in [0.05, 0.1) is 20.5 Å². The molecule has 1 N–H and O–H groups in total. The van der Waals surface area contributed by atoms with Crippen molar-refractivity contribution in [1.82, 2.24) is 9.80 Å². The van der Waals surface area contributed by atoms with Crippen molar-refractivity contribution in [3.8, 4) is 5.75 Å². The third-order valence-corrected chi connectivity index (χ3v) is 7.83. The fourth-order valence-corrected chi connectivity index (χ4v) is 5.58. The lowest BCUT2D eigenvalue weighted by Gasteiger charge is -2.32. The van der Waals surface area contributed by atoms with Gasteiger partial charge in [-0.2, -0.15) is 25.3 Å². The SMILES string of the molecule is CCN(CC)C(=S)C(S)c1c(C)c(O)c(C)c(C(S)C(=S)N(CC)CC)c1C. The standard InChI is InChI=1S/C21H34N2OS4/c1-8-22(9-2)20(27)18(25)15-12(5)16(14(7)17(24)13(15)6)19(26)21(28)23(10-3)11-4/h18-19,24-26H,8-11H2,1-7H3. The predicted molar refractivity (Wildman–Crippen MR) is 137 cm³/mol. The van der Waals surface area contributed by atoms with Gasteiger partial charge in [-0.05, 0) is 76.3 Å². The maximum atomic E-state index is 10.9. The Labute approximate surface area is 192 Å². The van der Waals surface area contributed by atoms with Gasteiger partial charge in [-0.15, -0.1) is 0 Å². The molecule has 0 saturated heterocycles. The van der Waals surface area contributed by atoms with Crippen LogP contribution in [-0.4, -0.2) is 51.1 Å². The molecule has 1 aromatic rings. The van der Waals surface area contributed by atoms with Crippen molar-refractivity contribution in [3.05, 3.63) is 27.8 Å². The molecule has 0 aliphatic heterocycles. The number of rotatable bonds is 8. The molecule has 7 heteroatoms. The molecule has 28 heavy (non-hydrogen) atoms. The van der Waals surface area contributed by atoms with E-state index >= 15 is 0 Å². The van der Waals surface area contributed by atoms with Gasteiger partial charge in [-0.3, -0.25) is 0 Å². The van der Waals surface area contributed by atoms with E-state index in [9.17, 15) is 5.11 Å². The Morgan fingerprint density at radius 2 is 1.04 bits per heavy atom. The fourth-order valence-electron chi connectivity index (χ4n) is 3.73. The fraction of sp³-hybridized carbons (Fsp3) is 0.619. The Morgan fingerprint density at radius 1 is 0.750 bits per heavy atom. The van der Waals surface area contributed by atoms with Crippen LogP contribution in [0.4, 0.5) is 0 Å². The van der Waals surface area contributed by atoms with Gasteiger partial charge in [0.15, 0.2) is 0 Å². The van der Waals surface area contributed by atoms with Gasteiger partial charge in [0.25, 0.3) is 0 Å². The predicted octanol–water partition coefficient (Wildman–Crippen LogP) is 5.60. The van der Waals surface area contributed by atoms with Crippen LogP contribution in [0, 0.1) is 20.8 Å². The van der Waals surface area contributed by atoms with Crippen LogP contribution < -0.4 is 0 Å². The van der Waals surface area contributed by atoms with Crippen molar-refractivity contribution in [3.63, 3.8) is 0 Å². The molecule has 0 heterocycles. The van der Waals surface area contributed by atoms with Crippen molar-refractivity contribution in [2.75, 3.05) is 26.2 Å². The quantitative estimate of drug-likeness (QED) is 0.348. The van der Waals surface area contributed by atoms with Crippen LogP contribution in [0.25, 0.3) is 0 Å². The summed E-state index contributed by atoms with van der Waals surface area (Å²) < 4.78 is 0.